The van der Waals surface area contributed by atoms with Crippen molar-refractivity contribution in [2.45, 2.75) is 69.7 Å². The number of carbonyl (C=O) groups is 1. The molecule has 35 heavy (non-hydrogen) atoms. The maximum absolute atomic E-state index is 11.1. The largest absolute Gasteiger partial charge is 0.494 e. The van der Waals surface area contributed by atoms with E-state index in [9.17, 15) is 20.1 Å². The fourth-order valence-electron chi connectivity index (χ4n) is 4.84. The van der Waals surface area contributed by atoms with Gasteiger partial charge in [-0.05, 0) is 68.0 Å². The lowest BCUT2D eigenvalue weighted by atomic mass is 9.84. The van der Waals surface area contributed by atoms with Crippen molar-refractivity contribution >= 4 is 5.97 Å². The van der Waals surface area contributed by atoms with Gasteiger partial charge in [0.2, 0.25) is 5.79 Å². The number of carboxylic acids is 1. The number of aliphatic hydroxyl groups is 3. The van der Waals surface area contributed by atoms with Crippen LogP contribution in [0.15, 0.2) is 42.5 Å². The number of hydrogen-bond acceptors (Lipinski definition) is 7. The first-order valence-corrected chi connectivity index (χ1v) is 12.0. The first kappa shape index (κ1) is 25.6. The number of hydrogen-bond donors (Lipinski definition) is 4. The molecule has 190 valence electrons. The Bertz CT molecular complexity index is 1050. The maximum Gasteiger partial charge on any atom is 0.306 e. The Balaban J connectivity index is 1.47. The van der Waals surface area contributed by atoms with Crippen LogP contribution >= 0.6 is 0 Å². The molecule has 2 heterocycles. The Morgan fingerprint density at radius 3 is 2.51 bits per heavy atom. The summed E-state index contributed by atoms with van der Waals surface area (Å²) >= 11 is 0. The Morgan fingerprint density at radius 1 is 1.14 bits per heavy atom. The van der Waals surface area contributed by atoms with E-state index in [0.717, 1.165) is 16.7 Å². The molecule has 0 radical (unpaired) electrons. The van der Waals surface area contributed by atoms with Gasteiger partial charge in [0, 0.05) is 5.56 Å². The SMILES string of the molecule is CCC(CCOc1ccc(Cc2cc([C@]34OC[C@](C)(O3)[C@@H](O)[C@H](O)[C@H]4O)ccc2C)cc1)C(=O)O. The van der Waals surface area contributed by atoms with E-state index < -0.39 is 41.6 Å². The van der Waals surface area contributed by atoms with Crippen LogP contribution in [-0.2, 0) is 26.5 Å². The summed E-state index contributed by atoms with van der Waals surface area (Å²) in [7, 11) is 0. The maximum atomic E-state index is 11.1. The highest BCUT2D eigenvalue weighted by Gasteiger charge is 2.65. The second-order valence-corrected chi connectivity index (χ2v) is 9.79. The van der Waals surface area contributed by atoms with E-state index in [1.54, 1.807) is 6.92 Å². The zero-order chi connectivity index (χ0) is 25.4. The molecule has 2 aliphatic heterocycles. The molecule has 2 bridgehead atoms. The van der Waals surface area contributed by atoms with Crippen LogP contribution in [-0.4, -0.2) is 63.5 Å². The molecule has 4 rings (SSSR count). The number of aryl methyl sites for hydroxylation is 1. The summed E-state index contributed by atoms with van der Waals surface area (Å²) < 4.78 is 17.7. The van der Waals surface area contributed by atoms with Gasteiger partial charge in [0.05, 0.1) is 19.1 Å². The van der Waals surface area contributed by atoms with Crippen molar-refractivity contribution in [3.05, 3.63) is 64.7 Å². The van der Waals surface area contributed by atoms with E-state index >= 15 is 0 Å². The zero-order valence-corrected chi connectivity index (χ0v) is 20.3. The van der Waals surface area contributed by atoms with E-state index in [0.29, 0.717) is 37.2 Å². The predicted octanol–water partition coefficient (Wildman–Crippen LogP) is 2.52. The fourth-order valence-corrected chi connectivity index (χ4v) is 4.84. The molecule has 0 amide bonds. The van der Waals surface area contributed by atoms with Gasteiger partial charge in [0.25, 0.3) is 0 Å². The molecule has 0 aliphatic carbocycles. The quantitative estimate of drug-likeness (QED) is 0.426. The minimum Gasteiger partial charge on any atom is -0.494 e. The van der Waals surface area contributed by atoms with Crippen LogP contribution in [0.4, 0.5) is 0 Å². The molecule has 4 N–H and O–H groups in total. The van der Waals surface area contributed by atoms with Gasteiger partial charge in [-0.2, -0.15) is 0 Å². The van der Waals surface area contributed by atoms with E-state index in [1.165, 1.54) is 0 Å². The summed E-state index contributed by atoms with van der Waals surface area (Å²) in [5.74, 6) is -2.06. The molecule has 0 aromatic heterocycles. The van der Waals surface area contributed by atoms with E-state index in [-0.39, 0.29) is 6.61 Å². The van der Waals surface area contributed by atoms with Crippen molar-refractivity contribution < 1.29 is 39.4 Å². The molecule has 8 heteroatoms. The van der Waals surface area contributed by atoms with Gasteiger partial charge < -0.3 is 34.6 Å². The normalized spacial score (nSPS) is 30.7. The molecule has 0 saturated carbocycles. The van der Waals surface area contributed by atoms with Gasteiger partial charge in [-0.3, -0.25) is 4.79 Å². The van der Waals surface area contributed by atoms with E-state index in [4.69, 9.17) is 19.3 Å². The third kappa shape index (κ3) is 4.81. The van der Waals surface area contributed by atoms with Gasteiger partial charge in [-0.1, -0.05) is 31.2 Å². The van der Waals surface area contributed by atoms with Crippen LogP contribution in [0.2, 0.25) is 0 Å². The molecule has 6 atom stereocenters. The van der Waals surface area contributed by atoms with Crippen LogP contribution < -0.4 is 4.74 Å². The van der Waals surface area contributed by atoms with E-state index in [2.05, 4.69) is 0 Å². The molecule has 8 nitrogen and oxygen atoms in total. The zero-order valence-electron chi connectivity index (χ0n) is 20.3. The minimum absolute atomic E-state index is 0.0540. The van der Waals surface area contributed by atoms with Crippen LogP contribution in [0, 0.1) is 12.8 Å². The van der Waals surface area contributed by atoms with Crippen LogP contribution in [0.5, 0.6) is 5.75 Å². The van der Waals surface area contributed by atoms with Gasteiger partial charge in [0.15, 0.2) is 0 Å². The summed E-state index contributed by atoms with van der Waals surface area (Å²) in [5.41, 5.74) is 2.58. The monoisotopic (exact) mass is 486 g/mol. The molecule has 1 unspecified atom stereocenters. The van der Waals surface area contributed by atoms with Crippen molar-refractivity contribution in [2.24, 2.45) is 5.92 Å². The molecular formula is C27H34O8. The summed E-state index contributed by atoms with van der Waals surface area (Å²) in [5, 5.41) is 40.7. The van der Waals surface area contributed by atoms with Gasteiger partial charge >= 0.3 is 5.97 Å². The van der Waals surface area contributed by atoms with Crippen LogP contribution in [0.25, 0.3) is 0 Å². The number of aliphatic carboxylic acids is 1. The first-order chi connectivity index (χ1) is 16.6. The number of carboxylic acid groups (broad SMARTS) is 1. The highest BCUT2D eigenvalue weighted by Crippen LogP contribution is 2.49. The van der Waals surface area contributed by atoms with Crippen molar-refractivity contribution in [3.63, 3.8) is 0 Å². The van der Waals surface area contributed by atoms with Crippen molar-refractivity contribution in [1.82, 2.24) is 0 Å². The smallest absolute Gasteiger partial charge is 0.306 e. The third-order valence-electron chi connectivity index (χ3n) is 7.27. The van der Waals surface area contributed by atoms with Crippen LogP contribution in [0.3, 0.4) is 0 Å². The second kappa shape index (κ2) is 9.87. The van der Waals surface area contributed by atoms with Gasteiger partial charge in [-0.15, -0.1) is 0 Å². The Hall–Kier alpha value is -2.49. The number of aliphatic hydroxyl groups excluding tert-OH is 3. The number of rotatable bonds is 9. The topological polar surface area (TPSA) is 126 Å². The van der Waals surface area contributed by atoms with Gasteiger partial charge in [0.1, 0.15) is 29.7 Å². The van der Waals surface area contributed by atoms with Crippen molar-refractivity contribution in [3.8, 4) is 5.75 Å². The predicted molar refractivity (Wildman–Crippen MR) is 127 cm³/mol. The minimum atomic E-state index is -1.54. The fraction of sp³-hybridized carbons (Fsp3) is 0.519. The molecule has 2 aliphatic rings. The Morgan fingerprint density at radius 2 is 1.86 bits per heavy atom. The standard InChI is InChI=1S/C27H34O8/c1-4-18(25(31)32)11-12-33-21-9-6-17(7-10-21)13-19-14-20(8-5-16(19)2)27-24(30)22(28)23(29)26(3,35-27)15-34-27/h5-10,14,18,22-24,28-30H,4,11-13,15H2,1-3H3,(H,31,32)/t18?,22-,23-,24+,26-,27-/m0/s1. The molecule has 2 aromatic carbocycles. The molecule has 2 saturated heterocycles. The summed E-state index contributed by atoms with van der Waals surface area (Å²) in [4.78, 5) is 11.1. The van der Waals surface area contributed by atoms with E-state index in [1.807, 2.05) is 56.3 Å². The Labute approximate surface area is 205 Å². The van der Waals surface area contributed by atoms with Gasteiger partial charge in [-0.25, -0.2) is 0 Å². The molecule has 2 aromatic rings. The summed E-state index contributed by atoms with van der Waals surface area (Å²) in [6.45, 7) is 5.91. The highest BCUT2D eigenvalue weighted by atomic mass is 16.8. The lowest BCUT2D eigenvalue weighted by Gasteiger charge is -2.45. The third-order valence-corrected chi connectivity index (χ3v) is 7.27. The van der Waals surface area contributed by atoms with Crippen molar-refractivity contribution in [1.29, 1.82) is 0 Å². The lowest BCUT2D eigenvalue weighted by molar-refractivity contribution is -0.322. The highest BCUT2D eigenvalue weighted by molar-refractivity contribution is 5.69. The molecule has 0 spiro atoms. The average molecular weight is 487 g/mol. The average Bonchev–Trinajstić information content (AvgIpc) is 3.19. The second-order valence-electron chi connectivity index (χ2n) is 9.79. The van der Waals surface area contributed by atoms with Crippen molar-refractivity contribution in [2.75, 3.05) is 13.2 Å². The summed E-state index contributed by atoms with van der Waals surface area (Å²) in [6.07, 6.45) is -2.43. The molecular weight excluding hydrogens is 452 g/mol. The van der Waals surface area contributed by atoms with Crippen LogP contribution in [0.1, 0.15) is 48.9 Å². The first-order valence-electron chi connectivity index (χ1n) is 12.0. The number of fused-ring (bicyclic) bond motifs is 2. The molecule has 2 fully saturated rings. The lowest BCUT2D eigenvalue weighted by Crippen LogP contribution is -2.63. The number of ether oxygens (including phenoxy) is 3. The number of benzene rings is 2. The summed E-state index contributed by atoms with van der Waals surface area (Å²) in [6, 6.07) is 13.3. The Kier molecular flexibility index (Phi) is 7.22.